The Hall–Kier alpha value is -6.09. The van der Waals surface area contributed by atoms with Crippen molar-refractivity contribution < 1.29 is 33.4 Å². The van der Waals surface area contributed by atoms with Gasteiger partial charge >= 0.3 is 0 Å². The number of aromatic nitrogens is 2. The van der Waals surface area contributed by atoms with E-state index in [2.05, 4.69) is 25.4 Å². The van der Waals surface area contributed by atoms with Crippen LogP contribution in [0.4, 0.5) is 5.69 Å². The molecule has 5 amide bonds. The fourth-order valence-electron chi connectivity index (χ4n) is 9.29. The average Bonchev–Trinajstić information content (AvgIpc) is 3.54. The van der Waals surface area contributed by atoms with E-state index in [-0.39, 0.29) is 52.8 Å². The third-order valence-corrected chi connectivity index (χ3v) is 12.5. The Kier molecular flexibility index (Phi) is 8.87. The van der Waals surface area contributed by atoms with Gasteiger partial charge in [-0.25, -0.2) is 0 Å². The van der Waals surface area contributed by atoms with E-state index in [9.17, 15) is 28.8 Å². The van der Waals surface area contributed by atoms with Gasteiger partial charge in [-0.2, -0.15) is 0 Å². The van der Waals surface area contributed by atoms with Crippen LogP contribution < -0.4 is 30.6 Å². The lowest BCUT2D eigenvalue weighted by atomic mass is 9.94. The van der Waals surface area contributed by atoms with Crippen molar-refractivity contribution in [3.8, 4) is 22.6 Å². The van der Waals surface area contributed by atoms with Gasteiger partial charge in [0, 0.05) is 93.9 Å². The maximum atomic E-state index is 13.4. The SMILES string of the molecule is COc1cc(-c2cn(C)c(=O)c3cnccc23)cc(OC)c1CN1CC(CC(=O)NC2C[C@@]23CCN(c2ccc4c(c2)C(=O)N(C2CCC(=O)NC2=O)C4=O)C3)C1. The van der Waals surface area contributed by atoms with Gasteiger partial charge in [0.05, 0.1) is 36.3 Å². The minimum absolute atomic E-state index is 0.0320. The fraction of sp³-hybridized carbons (Fsp3) is 0.405. The van der Waals surface area contributed by atoms with Crippen LogP contribution in [0.1, 0.15) is 58.4 Å². The third kappa shape index (κ3) is 6.29. The van der Waals surface area contributed by atoms with E-state index in [4.69, 9.17) is 9.47 Å². The number of imide groups is 2. The predicted octanol–water partition coefficient (Wildman–Crippen LogP) is 2.63. The highest BCUT2D eigenvalue weighted by Gasteiger charge is 2.58. The van der Waals surface area contributed by atoms with Crippen molar-refractivity contribution in [2.75, 3.05) is 45.3 Å². The molecule has 6 heterocycles. The number of rotatable bonds is 10. The number of hydrogen-bond donors (Lipinski definition) is 2. The first-order valence-electron chi connectivity index (χ1n) is 19.3. The average molecular weight is 774 g/mol. The van der Waals surface area contributed by atoms with Crippen molar-refractivity contribution in [3.05, 3.63) is 82.0 Å². The molecule has 2 N–H and O–H groups in total. The van der Waals surface area contributed by atoms with E-state index in [1.165, 1.54) is 0 Å². The molecule has 4 aliphatic heterocycles. The van der Waals surface area contributed by atoms with Gasteiger partial charge in [0.25, 0.3) is 17.4 Å². The highest BCUT2D eigenvalue weighted by Crippen LogP contribution is 2.54. The van der Waals surface area contributed by atoms with Gasteiger partial charge in [0.1, 0.15) is 17.5 Å². The predicted molar refractivity (Wildman–Crippen MR) is 208 cm³/mol. The number of anilines is 1. The zero-order valence-electron chi connectivity index (χ0n) is 32.0. The number of nitrogens with one attached hydrogen (secondary N) is 2. The van der Waals surface area contributed by atoms with Crippen LogP contribution in [0.15, 0.2) is 59.8 Å². The Balaban J connectivity index is 0.789. The molecule has 3 atom stereocenters. The number of fused-ring (bicyclic) bond motifs is 2. The van der Waals surface area contributed by atoms with Crippen molar-refractivity contribution in [3.63, 3.8) is 0 Å². The molecule has 1 aliphatic carbocycles. The summed E-state index contributed by atoms with van der Waals surface area (Å²) in [7, 11) is 4.99. The number of nitrogens with zero attached hydrogens (tertiary/aromatic N) is 5. The Morgan fingerprint density at radius 2 is 1.72 bits per heavy atom. The number of piperidine rings is 1. The Morgan fingerprint density at radius 1 is 0.965 bits per heavy atom. The van der Waals surface area contributed by atoms with Crippen LogP contribution in [-0.2, 0) is 28.0 Å². The minimum Gasteiger partial charge on any atom is -0.496 e. The largest absolute Gasteiger partial charge is 0.496 e. The van der Waals surface area contributed by atoms with Crippen LogP contribution in [0.25, 0.3) is 21.9 Å². The molecule has 4 aromatic rings. The molecule has 57 heavy (non-hydrogen) atoms. The van der Waals surface area contributed by atoms with Crippen LogP contribution in [0.3, 0.4) is 0 Å². The lowest BCUT2D eigenvalue weighted by molar-refractivity contribution is -0.136. The van der Waals surface area contributed by atoms with Gasteiger partial charge in [0.2, 0.25) is 17.7 Å². The molecule has 1 saturated carbocycles. The highest BCUT2D eigenvalue weighted by atomic mass is 16.5. The summed E-state index contributed by atoms with van der Waals surface area (Å²) in [5.74, 6) is -0.438. The number of hydrogen-bond acceptors (Lipinski definition) is 11. The van der Waals surface area contributed by atoms with Gasteiger partial charge in [-0.15, -0.1) is 0 Å². The Morgan fingerprint density at radius 3 is 2.46 bits per heavy atom. The zero-order chi connectivity index (χ0) is 39.7. The quantitative estimate of drug-likeness (QED) is 0.227. The van der Waals surface area contributed by atoms with Gasteiger partial charge in [-0.1, -0.05) is 0 Å². The van der Waals surface area contributed by atoms with Crippen LogP contribution in [-0.4, -0.2) is 101 Å². The number of carbonyl (C=O) groups excluding carboxylic acids is 5. The second kappa shape index (κ2) is 13.8. The normalized spacial score (nSPS) is 23.2. The smallest absolute Gasteiger partial charge is 0.262 e. The molecule has 4 fully saturated rings. The van der Waals surface area contributed by atoms with E-state index in [0.717, 1.165) is 71.7 Å². The van der Waals surface area contributed by atoms with Gasteiger partial charge in [-0.05, 0) is 72.5 Å². The molecule has 9 rings (SSSR count). The van der Waals surface area contributed by atoms with E-state index < -0.39 is 29.7 Å². The number of methoxy groups -OCH3 is 2. The van der Waals surface area contributed by atoms with E-state index in [1.807, 2.05) is 30.5 Å². The second-order valence-electron chi connectivity index (χ2n) is 16.0. The maximum Gasteiger partial charge on any atom is 0.262 e. The third-order valence-electron chi connectivity index (χ3n) is 12.5. The Bertz CT molecular complexity index is 2430. The highest BCUT2D eigenvalue weighted by molar-refractivity contribution is 6.23. The molecule has 2 unspecified atom stereocenters. The molecule has 2 aromatic carbocycles. The molecule has 3 saturated heterocycles. The molecule has 15 heteroatoms. The summed E-state index contributed by atoms with van der Waals surface area (Å²) in [6.45, 7) is 3.62. The van der Waals surface area contributed by atoms with E-state index in [1.54, 1.807) is 50.4 Å². The zero-order valence-corrected chi connectivity index (χ0v) is 32.0. The summed E-state index contributed by atoms with van der Waals surface area (Å²) in [4.78, 5) is 86.2. The van der Waals surface area contributed by atoms with Gasteiger partial charge in [0.15, 0.2) is 0 Å². The molecular formula is C42H43N7O8. The molecule has 0 bridgehead atoms. The summed E-state index contributed by atoms with van der Waals surface area (Å²) in [5, 5.41) is 6.85. The van der Waals surface area contributed by atoms with Crippen LogP contribution >= 0.6 is 0 Å². The standard InChI is InChI=1S/C42H43N7O8/c1-46-20-30(26-8-10-43-17-29(26)39(46)53)24-13-33(56-2)31(34(14-24)57-3)21-47-18-23(19-47)12-37(51)44-35-16-42(35)9-11-48(22-42)25-4-5-27-28(15-25)41(55)49(40(27)54)32-6-7-36(50)45-38(32)52/h4-5,8,10,13-15,17,20,23,32,35H,6-7,9,11-12,16,18-19,21-22H2,1-3H3,(H,44,51)(H,45,50,52)/t32?,35?,42-/m1/s1. The summed E-state index contributed by atoms with van der Waals surface area (Å²) in [6.07, 6.45) is 7.50. The van der Waals surface area contributed by atoms with Crippen molar-refractivity contribution in [1.29, 1.82) is 0 Å². The number of likely N-dealkylation sites (tertiary alicyclic amines) is 1. The summed E-state index contributed by atoms with van der Waals surface area (Å²) < 4.78 is 13.3. The number of pyridine rings is 2. The summed E-state index contributed by atoms with van der Waals surface area (Å²) in [6, 6.07) is 10.1. The van der Waals surface area contributed by atoms with E-state index in [0.29, 0.717) is 29.9 Å². The lowest BCUT2D eigenvalue weighted by Gasteiger charge is -2.39. The van der Waals surface area contributed by atoms with Crippen LogP contribution in [0, 0.1) is 11.3 Å². The van der Waals surface area contributed by atoms with Crippen molar-refractivity contribution in [2.45, 2.75) is 50.7 Å². The first-order chi connectivity index (χ1) is 27.5. The number of ether oxygens (including phenoxy) is 2. The van der Waals surface area contributed by atoms with E-state index >= 15 is 0 Å². The molecular weight excluding hydrogens is 731 g/mol. The van der Waals surface area contributed by atoms with Crippen molar-refractivity contribution in [2.24, 2.45) is 18.4 Å². The van der Waals surface area contributed by atoms with Gasteiger partial charge in [-0.3, -0.25) is 48.9 Å². The monoisotopic (exact) mass is 773 g/mol. The first kappa shape index (κ1) is 36.5. The number of amides is 5. The molecule has 15 nitrogen and oxygen atoms in total. The summed E-state index contributed by atoms with van der Waals surface area (Å²) in [5.41, 5.74) is 3.84. The number of carbonyl (C=O) groups is 5. The minimum atomic E-state index is -1.00. The lowest BCUT2D eigenvalue weighted by Crippen LogP contribution is -2.54. The molecule has 0 radical (unpaired) electrons. The number of benzene rings is 2. The molecule has 2 aromatic heterocycles. The Labute approximate surface area is 327 Å². The van der Waals surface area contributed by atoms with Crippen LogP contribution in [0.5, 0.6) is 11.5 Å². The first-order valence-corrected chi connectivity index (χ1v) is 19.3. The van der Waals surface area contributed by atoms with Gasteiger partial charge < -0.3 is 24.3 Å². The molecule has 5 aliphatic rings. The second-order valence-corrected chi connectivity index (χ2v) is 16.0. The molecule has 1 spiro atoms. The molecule has 294 valence electrons. The van der Waals surface area contributed by atoms with Crippen molar-refractivity contribution in [1.82, 2.24) is 30.0 Å². The summed E-state index contributed by atoms with van der Waals surface area (Å²) >= 11 is 0. The topological polar surface area (TPSA) is 172 Å². The maximum absolute atomic E-state index is 13.4. The van der Waals surface area contributed by atoms with Crippen LogP contribution in [0.2, 0.25) is 0 Å². The fourth-order valence-corrected chi connectivity index (χ4v) is 9.29. The number of aryl methyl sites for hydroxylation is 1. The van der Waals surface area contributed by atoms with Crippen molar-refractivity contribution >= 4 is 46.0 Å².